The maximum absolute atomic E-state index is 12.2. The van der Waals surface area contributed by atoms with Crippen LogP contribution < -0.4 is 10.6 Å². The third-order valence-corrected chi connectivity index (χ3v) is 3.52. The standard InChI is InChI=1S/C16H20N2O2/c1-2-15(19)17-14-10-6-7-12(11-14)16(20)18-13-8-4-3-5-9-13/h2,6-7,10-11,13H,1,3-5,8-9H2,(H,17,19)(H,18,20). The van der Waals surface area contributed by atoms with E-state index in [0.717, 1.165) is 12.8 Å². The van der Waals surface area contributed by atoms with Crippen LogP contribution in [0.4, 0.5) is 5.69 Å². The first-order chi connectivity index (χ1) is 9.69. The number of hydrogen-bond acceptors (Lipinski definition) is 2. The van der Waals surface area contributed by atoms with E-state index in [1.165, 1.54) is 25.3 Å². The van der Waals surface area contributed by atoms with Crippen LogP contribution >= 0.6 is 0 Å². The Morgan fingerprint density at radius 2 is 1.95 bits per heavy atom. The van der Waals surface area contributed by atoms with Gasteiger partial charge in [0, 0.05) is 17.3 Å². The fraction of sp³-hybridized carbons (Fsp3) is 0.375. The molecule has 1 saturated carbocycles. The molecule has 0 atom stereocenters. The minimum atomic E-state index is -0.283. The molecule has 0 radical (unpaired) electrons. The molecule has 0 heterocycles. The normalized spacial score (nSPS) is 15.4. The van der Waals surface area contributed by atoms with Gasteiger partial charge >= 0.3 is 0 Å². The number of amides is 2. The first kappa shape index (κ1) is 14.3. The van der Waals surface area contributed by atoms with Crippen LogP contribution in [-0.4, -0.2) is 17.9 Å². The third-order valence-electron chi connectivity index (χ3n) is 3.52. The fourth-order valence-electron chi connectivity index (χ4n) is 2.45. The molecule has 0 saturated heterocycles. The first-order valence-corrected chi connectivity index (χ1v) is 7.03. The molecular formula is C16H20N2O2. The van der Waals surface area contributed by atoms with Crippen molar-refractivity contribution in [3.8, 4) is 0 Å². The van der Waals surface area contributed by atoms with Crippen LogP contribution in [-0.2, 0) is 4.79 Å². The van der Waals surface area contributed by atoms with Gasteiger partial charge in [-0.1, -0.05) is 31.9 Å². The van der Waals surface area contributed by atoms with Crippen LogP contribution in [0.3, 0.4) is 0 Å². The maximum Gasteiger partial charge on any atom is 0.251 e. The van der Waals surface area contributed by atoms with Crippen molar-refractivity contribution in [2.75, 3.05) is 5.32 Å². The third kappa shape index (κ3) is 3.95. The highest BCUT2D eigenvalue weighted by Gasteiger charge is 2.16. The Balaban J connectivity index is 2.00. The molecule has 2 N–H and O–H groups in total. The van der Waals surface area contributed by atoms with Crippen molar-refractivity contribution in [3.63, 3.8) is 0 Å². The monoisotopic (exact) mass is 272 g/mol. The second-order valence-corrected chi connectivity index (χ2v) is 5.08. The highest BCUT2D eigenvalue weighted by atomic mass is 16.2. The Bertz CT molecular complexity index is 505. The molecule has 1 aliphatic rings. The zero-order chi connectivity index (χ0) is 14.4. The molecule has 0 bridgehead atoms. The number of carbonyl (C=O) groups is 2. The van der Waals surface area contributed by atoms with Gasteiger partial charge in [-0.2, -0.15) is 0 Å². The van der Waals surface area contributed by atoms with Crippen LogP contribution in [0.1, 0.15) is 42.5 Å². The van der Waals surface area contributed by atoms with Gasteiger partial charge in [0.2, 0.25) is 5.91 Å². The quantitative estimate of drug-likeness (QED) is 0.828. The van der Waals surface area contributed by atoms with Crippen molar-refractivity contribution in [1.82, 2.24) is 5.32 Å². The topological polar surface area (TPSA) is 58.2 Å². The van der Waals surface area contributed by atoms with Crippen molar-refractivity contribution in [2.45, 2.75) is 38.1 Å². The molecule has 1 aromatic rings. The van der Waals surface area contributed by atoms with Crippen molar-refractivity contribution < 1.29 is 9.59 Å². The number of benzene rings is 1. The average Bonchev–Trinajstić information content (AvgIpc) is 2.48. The number of hydrogen-bond donors (Lipinski definition) is 2. The van der Waals surface area contributed by atoms with Crippen molar-refractivity contribution >= 4 is 17.5 Å². The van der Waals surface area contributed by atoms with E-state index in [1.807, 2.05) is 0 Å². The molecule has 0 unspecified atom stereocenters. The highest BCUT2D eigenvalue weighted by molar-refractivity contribution is 6.00. The van der Waals surface area contributed by atoms with Crippen LogP contribution in [0, 0.1) is 0 Å². The SMILES string of the molecule is C=CC(=O)Nc1cccc(C(=O)NC2CCCCC2)c1. The Morgan fingerprint density at radius 1 is 1.20 bits per heavy atom. The molecule has 1 aromatic carbocycles. The minimum absolute atomic E-state index is 0.0772. The van der Waals surface area contributed by atoms with E-state index in [2.05, 4.69) is 17.2 Å². The average molecular weight is 272 g/mol. The van der Waals surface area contributed by atoms with Gasteiger partial charge in [0.05, 0.1) is 0 Å². The molecule has 4 nitrogen and oxygen atoms in total. The van der Waals surface area contributed by atoms with Gasteiger partial charge in [-0.25, -0.2) is 0 Å². The van der Waals surface area contributed by atoms with Crippen molar-refractivity contribution in [1.29, 1.82) is 0 Å². The van der Waals surface area contributed by atoms with E-state index in [-0.39, 0.29) is 17.9 Å². The van der Waals surface area contributed by atoms with Gasteiger partial charge in [0.15, 0.2) is 0 Å². The Kier molecular flexibility index (Phi) is 4.93. The van der Waals surface area contributed by atoms with Crippen LogP contribution in [0.5, 0.6) is 0 Å². The van der Waals surface area contributed by atoms with Crippen LogP contribution in [0.15, 0.2) is 36.9 Å². The molecule has 2 rings (SSSR count). The summed E-state index contributed by atoms with van der Waals surface area (Å²) in [6.07, 6.45) is 6.93. The molecule has 1 aliphatic carbocycles. The van der Waals surface area contributed by atoms with Gasteiger partial charge in [-0.15, -0.1) is 0 Å². The Morgan fingerprint density at radius 3 is 2.65 bits per heavy atom. The number of nitrogens with one attached hydrogen (secondary N) is 2. The van der Waals surface area contributed by atoms with Gasteiger partial charge in [-0.05, 0) is 37.1 Å². The maximum atomic E-state index is 12.2. The lowest BCUT2D eigenvalue weighted by Crippen LogP contribution is -2.36. The van der Waals surface area contributed by atoms with E-state index in [0.29, 0.717) is 11.3 Å². The minimum Gasteiger partial charge on any atom is -0.349 e. The van der Waals surface area contributed by atoms with E-state index in [1.54, 1.807) is 24.3 Å². The smallest absolute Gasteiger partial charge is 0.251 e. The lowest BCUT2D eigenvalue weighted by molar-refractivity contribution is -0.111. The van der Waals surface area contributed by atoms with Crippen LogP contribution in [0.25, 0.3) is 0 Å². The molecule has 0 aromatic heterocycles. The van der Waals surface area contributed by atoms with E-state index >= 15 is 0 Å². The lowest BCUT2D eigenvalue weighted by atomic mass is 9.95. The molecule has 20 heavy (non-hydrogen) atoms. The summed E-state index contributed by atoms with van der Waals surface area (Å²) < 4.78 is 0. The molecule has 2 amide bonds. The number of anilines is 1. The van der Waals surface area contributed by atoms with Crippen molar-refractivity contribution in [2.24, 2.45) is 0 Å². The zero-order valence-corrected chi connectivity index (χ0v) is 11.5. The molecule has 0 spiro atoms. The summed E-state index contributed by atoms with van der Waals surface area (Å²) >= 11 is 0. The van der Waals surface area contributed by atoms with E-state index in [4.69, 9.17) is 0 Å². The Labute approximate surface area is 119 Å². The molecular weight excluding hydrogens is 252 g/mol. The van der Waals surface area contributed by atoms with E-state index in [9.17, 15) is 9.59 Å². The van der Waals surface area contributed by atoms with Crippen molar-refractivity contribution in [3.05, 3.63) is 42.5 Å². The van der Waals surface area contributed by atoms with Gasteiger partial charge in [0.25, 0.3) is 5.91 Å². The summed E-state index contributed by atoms with van der Waals surface area (Å²) in [5.41, 5.74) is 1.17. The number of carbonyl (C=O) groups excluding carboxylic acids is 2. The molecule has 1 fully saturated rings. The molecule has 0 aliphatic heterocycles. The van der Waals surface area contributed by atoms with E-state index < -0.39 is 0 Å². The summed E-state index contributed by atoms with van der Waals surface area (Å²) in [5.74, 6) is -0.360. The summed E-state index contributed by atoms with van der Waals surface area (Å²) in [4.78, 5) is 23.4. The molecule has 106 valence electrons. The summed E-state index contributed by atoms with van der Waals surface area (Å²) in [7, 11) is 0. The largest absolute Gasteiger partial charge is 0.349 e. The predicted octanol–water partition coefficient (Wildman–Crippen LogP) is 2.87. The summed E-state index contributed by atoms with van der Waals surface area (Å²) in [6.45, 7) is 3.40. The van der Waals surface area contributed by atoms with Crippen LogP contribution in [0.2, 0.25) is 0 Å². The second kappa shape index (κ2) is 6.89. The highest BCUT2D eigenvalue weighted by Crippen LogP contribution is 2.18. The lowest BCUT2D eigenvalue weighted by Gasteiger charge is -2.22. The fourth-order valence-corrected chi connectivity index (χ4v) is 2.45. The summed E-state index contributed by atoms with van der Waals surface area (Å²) in [6, 6.07) is 7.22. The molecule has 4 heteroatoms. The second-order valence-electron chi connectivity index (χ2n) is 5.08. The number of rotatable bonds is 4. The van der Waals surface area contributed by atoms with Gasteiger partial charge < -0.3 is 10.6 Å². The first-order valence-electron chi connectivity index (χ1n) is 7.03. The van der Waals surface area contributed by atoms with Gasteiger partial charge in [-0.3, -0.25) is 9.59 Å². The predicted molar refractivity (Wildman–Crippen MR) is 79.6 cm³/mol. The summed E-state index contributed by atoms with van der Waals surface area (Å²) in [5, 5.41) is 5.71. The Hall–Kier alpha value is -2.10. The van der Waals surface area contributed by atoms with Gasteiger partial charge in [0.1, 0.15) is 0 Å². The zero-order valence-electron chi connectivity index (χ0n) is 11.5.